The average Bonchev–Trinajstić information content (AvgIpc) is 2.46. The second-order valence-corrected chi connectivity index (χ2v) is 7.12. The molecule has 2 rings (SSSR count). The van der Waals surface area contributed by atoms with Crippen molar-refractivity contribution in [1.29, 1.82) is 0 Å². The third-order valence-corrected chi connectivity index (χ3v) is 5.93. The Kier molecular flexibility index (Phi) is 6.30. The average molecular weight is 350 g/mol. The second-order valence-electron chi connectivity index (χ2n) is 5.26. The highest BCUT2D eigenvalue weighted by atomic mass is 35.5. The molecular formula is C13H20ClN3O4S. The van der Waals surface area contributed by atoms with Gasteiger partial charge in [0.25, 0.3) is 5.69 Å². The van der Waals surface area contributed by atoms with Crippen LogP contribution in [0.4, 0.5) is 5.69 Å². The molecule has 124 valence electrons. The molecule has 0 amide bonds. The van der Waals surface area contributed by atoms with Crippen LogP contribution in [-0.4, -0.2) is 36.8 Å². The zero-order chi connectivity index (χ0) is 15.6. The number of hydrogen-bond acceptors (Lipinski definition) is 5. The number of nitrogens with two attached hydrogens (primary N) is 1. The molecule has 2 N–H and O–H groups in total. The first-order valence-corrected chi connectivity index (χ1v) is 8.29. The number of halogens is 1. The summed E-state index contributed by atoms with van der Waals surface area (Å²) in [6.45, 7) is 2.51. The molecule has 9 heteroatoms. The van der Waals surface area contributed by atoms with Gasteiger partial charge in [-0.3, -0.25) is 10.1 Å². The smallest absolute Gasteiger partial charge is 0.289 e. The standard InChI is InChI=1S/C13H19N3O4S.ClH/c1-10-5-4-8-15(12(10)9-14)21(19,20)13-7-3-2-6-11(13)16(17)18;/h2-3,6-7,10,12H,4-5,8-9,14H2,1H3;1H. The van der Waals surface area contributed by atoms with Crippen molar-refractivity contribution in [3.8, 4) is 0 Å². The third kappa shape index (κ3) is 3.40. The summed E-state index contributed by atoms with van der Waals surface area (Å²) < 4.78 is 26.9. The van der Waals surface area contributed by atoms with E-state index >= 15 is 0 Å². The molecule has 0 aromatic heterocycles. The van der Waals surface area contributed by atoms with E-state index in [9.17, 15) is 18.5 Å². The van der Waals surface area contributed by atoms with Crippen molar-refractivity contribution in [2.75, 3.05) is 13.1 Å². The maximum absolute atomic E-state index is 12.8. The number of nitro groups is 1. The first-order chi connectivity index (χ1) is 9.89. The number of piperidine rings is 1. The maximum atomic E-state index is 12.8. The fraction of sp³-hybridized carbons (Fsp3) is 0.538. The molecule has 22 heavy (non-hydrogen) atoms. The minimum Gasteiger partial charge on any atom is -0.329 e. The normalized spacial score (nSPS) is 22.8. The van der Waals surface area contributed by atoms with E-state index in [2.05, 4.69) is 0 Å². The summed E-state index contributed by atoms with van der Waals surface area (Å²) >= 11 is 0. The predicted octanol–water partition coefficient (Wildman–Crippen LogP) is 1.76. The molecule has 0 saturated carbocycles. The Bertz CT molecular complexity index is 638. The van der Waals surface area contributed by atoms with Gasteiger partial charge in [-0.25, -0.2) is 8.42 Å². The first kappa shape index (κ1) is 18.8. The van der Waals surface area contributed by atoms with Crippen molar-refractivity contribution in [1.82, 2.24) is 4.31 Å². The zero-order valence-electron chi connectivity index (χ0n) is 12.2. The fourth-order valence-corrected chi connectivity index (χ4v) is 4.74. The molecule has 1 aromatic rings. The lowest BCUT2D eigenvalue weighted by molar-refractivity contribution is -0.387. The van der Waals surface area contributed by atoms with Gasteiger partial charge in [0.1, 0.15) is 0 Å². The van der Waals surface area contributed by atoms with Gasteiger partial charge in [0.05, 0.1) is 4.92 Å². The lowest BCUT2D eigenvalue weighted by Gasteiger charge is -2.38. The van der Waals surface area contributed by atoms with E-state index in [1.807, 2.05) is 6.92 Å². The quantitative estimate of drug-likeness (QED) is 0.658. The number of rotatable bonds is 4. The number of nitro benzene ring substituents is 1. The van der Waals surface area contributed by atoms with Crippen molar-refractivity contribution in [2.45, 2.75) is 30.7 Å². The molecule has 0 radical (unpaired) electrons. The van der Waals surface area contributed by atoms with Gasteiger partial charge < -0.3 is 5.73 Å². The van der Waals surface area contributed by atoms with Crippen LogP contribution in [0.15, 0.2) is 29.2 Å². The molecule has 1 fully saturated rings. The van der Waals surface area contributed by atoms with Crippen LogP contribution in [0.3, 0.4) is 0 Å². The maximum Gasteiger partial charge on any atom is 0.289 e. The Hall–Kier alpha value is -1.22. The van der Waals surface area contributed by atoms with Crippen LogP contribution in [0.1, 0.15) is 19.8 Å². The van der Waals surface area contributed by atoms with Crippen LogP contribution in [0.25, 0.3) is 0 Å². The predicted molar refractivity (Wildman–Crippen MR) is 85.5 cm³/mol. The van der Waals surface area contributed by atoms with Crippen molar-refractivity contribution in [3.63, 3.8) is 0 Å². The Morgan fingerprint density at radius 3 is 2.64 bits per heavy atom. The van der Waals surface area contributed by atoms with Gasteiger partial charge in [0.15, 0.2) is 4.90 Å². The molecule has 1 heterocycles. The highest BCUT2D eigenvalue weighted by Gasteiger charge is 2.39. The Balaban J connectivity index is 0.00000242. The SMILES string of the molecule is CC1CCCN(S(=O)(=O)c2ccccc2[N+](=O)[O-])C1CN.Cl. The molecule has 0 spiro atoms. The molecule has 2 atom stereocenters. The molecule has 1 aliphatic heterocycles. The summed E-state index contributed by atoms with van der Waals surface area (Å²) in [5, 5.41) is 11.1. The van der Waals surface area contributed by atoms with E-state index < -0.39 is 20.6 Å². The lowest BCUT2D eigenvalue weighted by atomic mass is 9.93. The van der Waals surface area contributed by atoms with Crippen LogP contribution < -0.4 is 5.73 Å². The van der Waals surface area contributed by atoms with Crippen LogP contribution in [-0.2, 0) is 10.0 Å². The number of benzene rings is 1. The van der Waals surface area contributed by atoms with Gasteiger partial charge in [-0.05, 0) is 24.8 Å². The van der Waals surface area contributed by atoms with Gasteiger partial charge in [-0.15, -0.1) is 12.4 Å². The fourth-order valence-electron chi connectivity index (χ4n) is 2.81. The molecule has 2 unspecified atom stereocenters. The molecular weight excluding hydrogens is 330 g/mol. The molecule has 1 saturated heterocycles. The summed E-state index contributed by atoms with van der Waals surface area (Å²) in [6, 6.07) is 5.11. The summed E-state index contributed by atoms with van der Waals surface area (Å²) in [7, 11) is -3.92. The van der Waals surface area contributed by atoms with Gasteiger partial charge in [-0.1, -0.05) is 19.1 Å². The van der Waals surface area contributed by atoms with E-state index in [4.69, 9.17) is 5.73 Å². The minimum absolute atomic E-state index is 0. The highest BCUT2D eigenvalue weighted by Crippen LogP contribution is 2.32. The van der Waals surface area contributed by atoms with Crippen molar-refractivity contribution >= 4 is 28.1 Å². The second kappa shape index (κ2) is 7.36. The third-order valence-electron chi connectivity index (χ3n) is 3.95. The van der Waals surface area contributed by atoms with Crippen LogP contribution >= 0.6 is 12.4 Å². The number of para-hydroxylation sites is 1. The van der Waals surface area contributed by atoms with Crippen molar-refractivity contribution in [3.05, 3.63) is 34.4 Å². The first-order valence-electron chi connectivity index (χ1n) is 6.85. The monoisotopic (exact) mass is 349 g/mol. The van der Waals surface area contributed by atoms with Gasteiger partial charge in [0.2, 0.25) is 10.0 Å². The lowest BCUT2D eigenvalue weighted by Crippen LogP contribution is -2.51. The summed E-state index contributed by atoms with van der Waals surface area (Å²) in [5.74, 6) is 0.140. The van der Waals surface area contributed by atoms with E-state index in [-0.39, 0.29) is 35.8 Å². The van der Waals surface area contributed by atoms with Crippen LogP contribution in [0, 0.1) is 16.0 Å². The largest absolute Gasteiger partial charge is 0.329 e. The highest BCUT2D eigenvalue weighted by molar-refractivity contribution is 7.89. The molecule has 0 bridgehead atoms. The molecule has 0 aliphatic carbocycles. The Morgan fingerprint density at radius 2 is 2.05 bits per heavy atom. The van der Waals surface area contributed by atoms with E-state index in [1.165, 1.54) is 28.6 Å². The minimum atomic E-state index is -3.92. The van der Waals surface area contributed by atoms with E-state index in [0.717, 1.165) is 12.8 Å². The number of nitrogens with zero attached hydrogens (tertiary/aromatic N) is 2. The summed E-state index contributed by atoms with van der Waals surface area (Å²) in [6.07, 6.45) is 1.64. The number of hydrogen-bond donors (Lipinski definition) is 1. The molecule has 7 nitrogen and oxygen atoms in total. The van der Waals surface area contributed by atoms with Gasteiger partial charge in [-0.2, -0.15) is 4.31 Å². The zero-order valence-corrected chi connectivity index (χ0v) is 13.8. The number of sulfonamides is 1. The van der Waals surface area contributed by atoms with E-state index in [0.29, 0.717) is 6.54 Å². The molecule has 1 aliphatic rings. The van der Waals surface area contributed by atoms with Gasteiger partial charge in [0, 0.05) is 25.2 Å². The Labute approximate surface area is 136 Å². The summed E-state index contributed by atoms with van der Waals surface area (Å²) in [5.41, 5.74) is 5.32. The topological polar surface area (TPSA) is 107 Å². The van der Waals surface area contributed by atoms with E-state index in [1.54, 1.807) is 0 Å². The van der Waals surface area contributed by atoms with Gasteiger partial charge >= 0.3 is 0 Å². The molecule has 1 aromatic carbocycles. The van der Waals surface area contributed by atoms with Crippen molar-refractivity contribution < 1.29 is 13.3 Å². The van der Waals surface area contributed by atoms with Crippen LogP contribution in [0.5, 0.6) is 0 Å². The van der Waals surface area contributed by atoms with Crippen molar-refractivity contribution in [2.24, 2.45) is 11.7 Å². The van der Waals surface area contributed by atoms with Crippen LogP contribution in [0.2, 0.25) is 0 Å². The Morgan fingerprint density at radius 1 is 1.41 bits per heavy atom. The summed E-state index contributed by atoms with van der Waals surface area (Å²) in [4.78, 5) is 10.1.